The maximum absolute atomic E-state index is 12.0. The lowest BCUT2D eigenvalue weighted by molar-refractivity contribution is -0.119. The number of nitrogens with zero attached hydrogens (tertiary/aromatic N) is 1. The number of anilines is 1. The summed E-state index contributed by atoms with van der Waals surface area (Å²) in [6.45, 7) is 2.54. The van der Waals surface area contributed by atoms with Gasteiger partial charge in [0.25, 0.3) is 0 Å². The highest BCUT2D eigenvalue weighted by molar-refractivity contribution is 5.94. The number of carbonyl (C=O) groups excluding carboxylic acids is 1. The quantitative estimate of drug-likeness (QED) is 0.865. The predicted molar refractivity (Wildman–Crippen MR) is 77.8 cm³/mol. The second kappa shape index (κ2) is 6.29. The number of amides is 1. The predicted octanol–water partition coefficient (Wildman–Crippen LogP) is 2.55. The number of benzene rings is 1. The maximum atomic E-state index is 12.0. The van der Waals surface area contributed by atoms with Crippen LogP contribution in [0.1, 0.15) is 19.8 Å². The molecule has 3 N–H and O–H groups in total. The van der Waals surface area contributed by atoms with Gasteiger partial charge in [-0.15, -0.1) is 0 Å². The van der Waals surface area contributed by atoms with Crippen LogP contribution in [-0.2, 0) is 4.79 Å². The van der Waals surface area contributed by atoms with E-state index in [1.807, 2.05) is 37.3 Å². The average Bonchev–Trinajstić information content (AvgIpc) is 2.44. The van der Waals surface area contributed by atoms with Gasteiger partial charge in [-0.2, -0.15) is 0 Å². The molecule has 100 valence electrons. The zero-order valence-corrected chi connectivity index (χ0v) is 11.1. The molecule has 0 radical (unpaired) electrons. The van der Waals surface area contributed by atoms with Crippen molar-refractivity contribution in [2.24, 2.45) is 11.7 Å². The Balaban J connectivity index is 2.06. The molecule has 0 spiro atoms. The van der Waals surface area contributed by atoms with E-state index in [1.165, 1.54) is 0 Å². The van der Waals surface area contributed by atoms with Gasteiger partial charge in [0.05, 0.1) is 17.4 Å². The Morgan fingerprint density at radius 1 is 1.42 bits per heavy atom. The molecule has 0 fully saturated rings. The van der Waals surface area contributed by atoms with Gasteiger partial charge in [-0.3, -0.25) is 9.78 Å². The third kappa shape index (κ3) is 3.51. The summed E-state index contributed by atoms with van der Waals surface area (Å²) in [7, 11) is 0. The van der Waals surface area contributed by atoms with E-state index in [2.05, 4.69) is 10.3 Å². The molecular weight excluding hydrogens is 238 g/mol. The monoisotopic (exact) mass is 257 g/mol. The Bertz CT molecular complexity index is 568. The SMILES string of the molecule is CC(CCCN)C(=O)Nc1cnc2ccccc2c1. The third-order valence-electron chi connectivity index (χ3n) is 3.15. The number of aromatic nitrogens is 1. The van der Waals surface area contributed by atoms with Gasteiger partial charge in [0.15, 0.2) is 0 Å². The number of fused-ring (bicyclic) bond motifs is 1. The van der Waals surface area contributed by atoms with Crippen molar-refractivity contribution in [1.29, 1.82) is 0 Å². The molecule has 0 aliphatic carbocycles. The summed E-state index contributed by atoms with van der Waals surface area (Å²) in [6, 6.07) is 9.78. The van der Waals surface area contributed by atoms with Crippen molar-refractivity contribution < 1.29 is 4.79 Å². The number of pyridine rings is 1. The summed E-state index contributed by atoms with van der Waals surface area (Å²) in [4.78, 5) is 16.3. The Morgan fingerprint density at radius 2 is 2.21 bits per heavy atom. The Hall–Kier alpha value is -1.94. The number of carbonyl (C=O) groups is 1. The lowest BCUT2D eigenvalue weighted by Crippen LogP contribution is -2.21. The Kier molecular flexibility index (Phi) is 4.47. The van der Waals surface area contributed by atoms with Gasteiger partial charge in [-0.25, -0.2) is 0 Å². The van der Waals surface area contributed by atoms with Gasteiger partial charge < -0.3 is 11.1 Å². The fraction of sp³-hybridized carbons (Fsp3) is 0.333. The molecule has 4 heteroatoms. The highest BCUT2D eigenvalue weighted by Crippen LogP contribution is 2.17. The number of nitrogens with two attached hydrogens (primary N) is 1. The molecule has 0 saturated heterocycles. The first-order chi connectivity index (χ1) is 9.20. The van der Waals surface area contributed by atoms with Crippen LogP contribution in [0.4, 0.5) is 5.69 Å². The zero-order valence-electron chi connectivity index (χ0n) is 11.1. The molecule has 0 bridgehead atoms. The smallest absolute Gasteiger partial charge is 0.227 e. The van der Waals surface area contributed by atoms with E-state index in [0.29, 0.717) is 6.54 Å². The number of hydrogen-bond donors (Lipinski definition) is 2. The minimum absolute atomic E-state index is 0.0190. The summed E-state index contributed by atoms with van der Waals surface area (Å²) in [5.74, 6) is -0.0134. The molecule has 0 aliphatic rings. The standard InChI is InChI=1S/C15H19N3O/c1-11(5-4-8-16)15(19)18-13-9-12-6-2-3-7-14(12)17-10-13/h2-3,6-7,9-11H,4-5,8,16H2,1H3,(H,18,19). The van der Waals surface area contributed by atoms with E-state index in [1.54, 1.807) is 6.20 Å². The molecule has 19 heavy (non-hydrogen) atoms. The molecule has 1 amide bonds. The number of para-hydroxylation sites is 1. The van der Waals surface area contributed by atoms with Crippen molar-refractivity contribution in [2.75, 3.05) is 11.9 Å². The van der Waals surface area contributed by atoms with Crippen LogP contribution in [-0.4, -0.2) is 17.4 Å². The highest BCUT2D eigenvalue weighted by atomic mass is 16.1. The molecule has 4 nitrogen and oxygen atoms in total. The highest BCUT2D eigenvalue weighted by Gasteiger charge is 2.12. The topological polar surface area (TPSA) is 68.0 Å². The first-order valence-electron chi connectivity index (χ1n) is 6.56. The molecular formula is C15H19N3O. The molecule has 2 aromatic rings. The van der Waals surface area contributed by atoms with Gasteiger partial charge in [0.1, 0.15) is 0 Å². The van der Waals surface area contributed by atoms with Crippen molar-refractivity contribution >= 4 is 22.5 Å². The van der Waals surface area contributed by atoms with Gasteiger partial charge in [-0.1, -0.05) is 25.1 Å². The Labute approximate surface area is 113 Å². The van der Waals surface area contributed by atoms with Crippen LogP contribution in [0.25, 0.3) is 10.9 Å². The number of hydrogen-bond acceptors (Lipinski definition) is 3. The van der Waals surface area contributed by atoms with Crippen molar-refractivity contribution in [2.45, 2.75) is 19.8 Å². The Morgan fingerprint density at radius 3 is 3.00 bits per heavy atom. The summed E-state index contributed by atoms with van der Waals surface area (Å²) in [5.41, 5.74) is 7.12. The minimum atomic E-state index is -0.0324. The first-order valence-corrected chi connectivity index (χ1v) is 6.56. The van der Waals surface area contributed by atoms with Gasteiger partial charge >= 0.3 is 0 Å². The second-order valence-electron chi connectivity index (χ2n) is 4.74. The molecule has 1 unspecified atom stereocenters. The van der Waals surface area contributed by atoms with E-state index in [4.69, 9.17) is 5.73 Å². The maximum Gasteiger partial charge on any atom is 0.227 e. The zero-order chi connectivity index (χ0) is 13.7. The van der Waals surface area contributed by atoms with Crippen LogP contribution < -0.4 is 11.1 Å². The fourth-order valence-electron chi connectivity index (χ4n) is 1.96. The van der Waals surface area contributed by atoms with E-state index in [0.717, 1.165) is 29.4 Å². The largest absolute Gasteiger partial charge is 0.330 e. The molecule has 0 aliphatic heterocycles. The van der Waals surface area contributed by atoms with Crippen LogP contribution >= 0.6 is 0 Å². The summed E-state index contributed by atoms with van der Waals surface area (Å²) < 4.78 is 0. The third-order valence-corrected chi connectivity index (χ3v) is 3.15. The molecule has 0 saturated carbocycles. The lowest BCUT2D eigenvalue weighted by atomic mass is 10.0. The fourth-order valence-corrected chi connectivity index (χ4v) is 1.96. The normalized spacial score (nSPS) is 12.3. The van der Waals surface area contributed by atoms with Crippen molar-refractivity contribution in [1.82, 2.24) is 4.98 Å². The lowest BCUT2D eigenvalue weighted by Gasteiger charge is -2.11. The van der Waals surface area contributed by atoms with E-state index in [9.17, 15) is 4.79 Å². The van der Waals surface area contributed by atoms with Gasteiger partial charge in [0.2, 0.25) is 5.91 Å². The van der Waals surface area contributed by atoms with Crippen molar-refractivity contribution in [3.05, 3.63) is 36.5 Å². The molecule has 1 heterocycles. The van der Waals surface area contributed by atoms with Crippen LogP contribution in [0.5, 0.6) is 0 Å². The van der Waals surface area contributed by atoms with E-state index < -0.39 is 0 Å². The minimum Gasteiger partial charge on any atom is -0.330 e. The van der Waals surface area contributed by atoms with Gasteiger partial charge in [-0.05, 0) is 31.5 Å². The van der Waals surface area contributed by atoms with Crippen LogP contribution in [0.15, 0.2) is 36.5 Å². The summed E-state index contributed by atoms with van der Waals surface area (Å²) >= 11 is 0. The van der Waals surface area contributed by atoms with Crippen LogP contribution in [0, 0.1) is 5.92 Å². The molecule has 1 atom stereocenters. The summed E-state index contributed by atoms with van der Waals surface area (Å²) in [6.07, 6.45) is 3.36. The van der Waals surface area contributed by atoms with Crippen LogP contribution in [0.3, 0.4) is 0 Å². The molecule has 1 aromatic heterocycles. The second-order valence-corrected chi connectivity index (χ2v) is 4.74. The number of rotatable bonds is 5. The first kappa shape index (κ1) is 13.5. The van der Waals surface area contributed by atoms with Gasteiger partial charge in [0, 0.05) is 11.3 Å². The number of nitrogens with one attached hydrogen (secondary N) is 1. The average molecular weight is 257 g/mol. The molecule has 2 rings (SSSR count). The van der Waals surface area contributed by atoms with E-state index >= 15 is 0 Å². The van der Waals surface area contributed by atoms with Crippen LogP contribution in [0.2, 0.25) is 0 Å². The molecule has 1 aromatic carbocycles. The summed E-state index contributed by atoms with van der Waals surface area (Å²) in [5, 5.41) is 3.92. The van der Waals surface area contributed by atoms with Crippen molar-refractivity contribution in [3.8, 4) is 0 Å². The van der Waals surface area contributed by atoms with Crippen molar-refractivity contribution in [3.63, 3.8) is 0 Å². The van der Waals surface area contributed by atoms with E-state index in [-0.39, 0.29) is 11.8 Å².